The van der Waals surface area contributed by atoms with E-state index in [4.69, 9.17) is 4.74 Å². The monoisotopic (exact) mass is 197 g/mol. The molecule has 1 rings (SSSR count). The van der Waals surface area contributed by atoms with Crippen LogP contribution in [0.4, 0.5) is 0 Å². The number of nitrogens with zero attached hydrogens (tertiary/aromatic N) is 1. The van der Waals surface area contributed by atoms with Crippen molar-refractivity contribution in [3.8, 4) is 0 Å². The molecule has 3 nitrogen and oxygen atoms in total. The number of hydrogen-bond acceptors (Lipinski definition) is 3. The second kappa shape index (κ2) is 3.71. The van der Waals surface area contributed by atoms with Gasteiger partial charge in [-0.25, -0.2) is 9.79 Å². The van der Waals surface area contributed by atoms with Crippen molar-refractivity contribution < 1.29 is 9.53 Å². The van der Waals surface area contributed by atoms with Crippen molar-refractivity contribution in [1.29, 1.82) is 0 Å². The minimum absolute atomic E-state index is 0.165. The van der Waals surface area contributed by atoms with Gasteiger partial charge in [0.05, 0.1) is 0 Å². The predicted octanol–water partition coefficient (Wildman–Crippen LogP) is 2.40. The second-order valence-electron chi connectivity index (χ2n) is 5.25. The summed E-state index contributed by atoms with van der Waals surface area (Å²) in [6.45, 7) is 10.2. The van der Waals surface area contributed by atoms with Crippen LogP contribution in [0.15, 0.2) is 4.99 Å². The van der Waals surface area contributed by atoms with Gasteiger partial charge in [0, 0.05) is 5.41 Å². The zero-order valence-electron chi connectivity index (χ0n) is 9.63. The fourth-order valence-corrected chi connectivity index (χ4v) is 1.33. The average Bonchev–Trinajstić information content (AvgIpc) is 2.30. The third kappa shape index (κ3) is 2.56. The summed E-state index contributed by atoms with van der Waals surface area (Å²) in [4.78, 5) is 15.8. The van der Waals surface area contributed by atoms with Crippen molar-refractivity contribution in [2.45, 2.75) is 47.1 Å². The molecule has 0 N–H and O–H groups in total. The first-order valence-corrected chi connectivity index (χ1v) is 5.10. The van der Waals surface area contributed by atoms with Crippen LogP contribution in [0.1, 0.15) is 41.0 Å². The lowest BCUT2D eigenvalue weighted by atomic mass is 9.97. The molecule has 0 amide bonds. The Balaban J connectivity index is 2.72. The van der Waals surface area contributed by atoms with Crippen LogP contribution in [0.25, 0.3) is 0 Å². The molecular weight excluding hydrogens is 178 g/mol. The Labute approximate surface area is 85.6 Å². The fourth-order valence-electron chi connectivity index (χ4n) is 1.33. The predicted molar refractivity (Wildman–Crippen MR) is 56.2 cm³/mol. The van der Waals surface area contributed by atoms with E-state index in [1.165, 1.54) is 0 Å². The molecule has 0 bridgehead atoms. The number of rotatable bonds is 2. The van der Waals surface area contributed by atoms with Crippen LogP contribution < -0.4 is 0 Å². The number of carbonyl (C=O) groups excluding carboxylic acids is 1. The van der Waals surface area contributed by atoms with Crippen LogP contribution in [0.5, 0.6) is 0 Å². The Bertz CT molecular complexity index is 261. The van der Waals surface area contributed by atoms with Gasteiger partial charge in [0.1, 0.15) is 0 Å². The van der Waals surface area contributed by atoms with Crippen molar-refractivity contribution in [1.82, 2.24) is 0 Å². The summed E-state index contributed by atoms with van der Waals surface area (Å²) in [7, 11) is 0. The molecule has 0 spiro atoms. The van der Waals surface area contributed by atoms with E-state index in [-0.39, 0.29) is 17.4 Å². The number of esters is 1. The topological polar surface area (TPSA) is 38.7 Å². The Morgan fingerprint density at radius 1 is 1.43 bits per heavy atom. The molecule has 0 saturated carbocycles. The molecule has 0 aliphatic carbocycles. The van der Waals surface area contributed by atoms with Crippen molar-refractivity contribution in [3.05, 3.63) is 0 Å². The van der Waals surface area contributed by atoms with Crippen LogP contribution in [0.2, 0.25) is 0 Å². The van der Waals surface area contributed by atoms with Gasteiger partial charge in [-0.1, -0.05) is 34.6 Å². The minimum Gasteiger partial charge on any atom is -0.410 e. The highest BCUT2D eigenvalue weighted by Gasteiger charge is 2.35. The minimum atomic E-state index is -0.274. The smallest absolute Gasteiger partial charge is 0.337 e. The fraction of sp³-hybridized carbons (Fsp3) is 0.818. The van der Waals surface area contributed by atoms with Crippen LogP contribution in [-0.2, 0) is 9.53 Å². The van der Waals surface area contributed by atoms with Gasteiger partial charge in [-0.15, -0.1) is 0 Å². The van der Waals surface area contributed by atoms with Gasteiger partial charge in [0.15, 0.2) is 11.9 Å². The summed E-state index contributed by atoms with van der Waals surface area (Å²) in [5.74, 6) is 0.854. The first-order chi connectivity index (χ1) is 6.30. The summed E-state index contributed by atoms with van der Waals surface area (Å²) >= 11 is 0. The molecule has 0 saturated heterocycles. The molecule has 1 aliphatic heterocycles. The van der Waals surface area contributed by atoms with E-state index < -0.39 is 0 Å². The van der Waals surface area contributed by atoms with Crippen molar-refractivity contribution in [2.75, 3.05) is 0 Å². The highest BCUT2D eigenvalue weighted by Crippen LogP contribution is 2.25. The molecule has 1 aliphatic rings. The van der Waals surface area contributed by atoms with Gasteiger partial charge < -0.3 is 4.74 Å². The second-order valence-corrected chi connectivity index (χ2v) is 5.25. The van der Waals surface area contributed by atoms with Crippen LogP contribution >= 0.6 is 0 Å². The number of carbonyl (C=O) groups is 1. The quantitative estimate of drug-likeness (QED) is 0.637. The largest absolute Gasteiger partial charge is 0.410 e. The summed E-state index contributed by atoms with van der Waals surface area (Å²) in [5.41, 5.74) is -0.165. The number of aliphatic imine (C=N–C) groups is 1. The Morgan fingerprint density at radius 3 is 2.36 bits per heavy atom. The number of hydrogen-bond donors (Lipinski definition) is 0. The SMILES string of the molecule is CC(C)C[C@H]1N=C(C(C)(C)C)OC1=O. The Hall–Kier alpha value is -0.860. The Morgan fingerprint density at radius 2 is 2.00 bits per heavy atom. The van der Waals surface area contributed by atoms with Crippen LogP contribution in [0, 0.1) is 11.3 Å². The summed E-state index contributed by atoms with van der Waals surface area (Å²) in [6.07, 6.45) is 0.776. The standard InChI is InChI=1S/C11H19NO2/c1-7(2)6-8-9(13)14-10(12-8)11(3,4)5/h7-8H,6H2,1-5H3/t8-/m1/s1. The maximum absolute atomic E-state index is 11.4. The van der Waals surface area contributed by atoms with E-state index in [1.54, 1.807) is 0 Å². The molecule has 0 radical (unpaired) electrons. The van der Waals surface area contributed by atoms with E-state index in [0.29, 0.717) is 11.8 Å². The highest BCUT2D eigenvalue weighted by molar-refractivity contribution is 5.99. The molecular formula is C11H19NO2. The zero-order chi connectivity index (χ0) is 10.9. The van der Waals surface area contributed by atoms with Gasteiger partial charge >= 0.3 is 5.97 Å². The third-order valence-electron chi connectivity index (χ3n) is 2.08. The molecule has 14 heavy (non-hydrogen) atoms. The lowest BCUT2D eigenvalue weighted by Crippen LogP contribution is -2.22. The molecule has 0 unspecified atom stereocenters. The highest BCUT2D eigenvalue weighted by atomic mass is 16.6. The molecule has 0 aromatic heterocycles. The molecule has 0 aromatic rings. The van der Waals surface area contributed by atoms with Gasteiger partial charge in [-0.2, -0.15) is 0 Å². The number of ether oxygens (including phenoxy) is 1. The van der Waals surface area contributed by atoms with Gasteiger partial charge in [-0.3, -0.25) is 0 Å². The van der Waals surface area contributed by atoms with Crippen molar-refractivity contribution in [2.24, 2.45) is 16.3 Å². The maximum atomic E-state index is 11.4. The van der Waals surface area contributed by atoms with E-state index in [1.807, 2.05) is 20.8 Å². The van der Waals surface area contributed by atoms with Crippen LogP contribution in [0.3, 0.4) is 0 Å². The molecule has 0 aromatic carbocycles. The molecule has 1 atom stereocenters. The van der Waals surface area contributed by atoms with Gasteiger partial charge in [0.25, 0.3) is 0 Å². The normalized spacial score (nSPS) is 22.6. The van der Waals surface area contributed by atoms with Gasteiger partial charge in [0.2, 0.25) is 0 Å². The molecule has 80 valence electrons. The third-order valence-corrected chi connectivity index (χ3v) is 2.08. The molecule has 3 heteroatoms. The lowest BCUT2D eigenvalue weighted by molar-refractivity contribution is -0.135. The zero-order valence-corrected chi connectivity index (χ0v) is 9.63. The molecule has 0 fully saturated rings. The van der Waals surface area contributed by atoms with Gasteiger partial charge in [-0.05, 0) is 12.3 Å². The summed E-state index contributed by atoms with van der Waals surface area (Å²) in [6, 6.07) is -0.274. The summed E-state index contributed by atoms with van der Waals surface area (Å²) in [5, 5.41) is 0. The van der Waals surface area contributed by atoms with E-state index in [9.17, 15) is 4.79 Å². The number of cyclic esters (lactones) is 1. The van der Waals surface area contributed by atoms with E-state index >= 15 is 0 Å². The first kappa shape index (κ1) is 11.2. The van der Waals surface area contributed by atoms with E-state index in [2.05, 4.69) is 18.8 Å². The van der Waals surface area contributed by atoms with Crippen LogP contribution in [-0.4, -0.2) is 17.9 Å². The summed E-state index contributed by atoms with van der Waals surface area (Å²) < 4.78 is 5.15. The lowest BCUT2D eigenvalue weighted by Gasteiger charge is -2.15. The Kier molecular flexibility index (Phi) is 2.98. The van der Waals surface area contributed by atoms with Crippen molar-refractivity contribution >= 4 is 11.9 Å². The average molecular weight is 197 g/mol. The van der Waals surface area contributed by atoms with E-state index in [0.717, 1.165) is 6.42 Å². The first-order valence-electron chi connectivity index (χ1n) is 5.10. The van der Waals surface area contributed by atoms with Crippen molar-refractivity contribution in [3.63, 3.8) is 0 Å². The maximum Gasteiger partial charge on any atom is 0.337 e. The molecule has 1 heterocycles.